The molecule has 1 saturated heterocycles. The number of nitrogens with one attached hydrogen (secondary N) is 2. The lowest BCUT2D eigenvalue weighted by Crippen LogP contribution is -2.42. The van der Waals surface area contributed by atoms with Gasteiger partial charge >= 0.3 is 0 Å². The number of thiazole rings is 1. The Labute approximate surface area is 139 Å². The molecule has 122 valence electrons. The molecule has 0 radical (unpaired) electrons. The van der Waals surface area contributed by atoms with E-state index in [4.69, 9.17) is 0 Å². The fraction of sp³-hybridized carbons (Fsp3) is 0.643. The van der Waals surface area contributed by atoms with Gasteiger partial charge in [0.15, 0.2) is 0 Å². The predicted octanol–water partition coefficient (Wildman–Crippen LogP) is 0.701. The first kappa shape index (κ1) is 17.2. The number of amides is 2. The molecule has 1 fully saturated rings. The lowest BCUT2D eigenvalue weighted by Gasteiger charge is -2.22. The summed E-state index contributed by atoms with van der Waals surface area (Å²) in [6.07, 6.45) is 4.33. The third-order valence-electron chi connectivity index (χ3n) is 3.52. The molecule has 2 amide bonds. The number of thioether (sulfide) groups is 1. The van der Waals surface area contributed by atoms with Crippen LogP contribution in [0.15, 0.2) is 11.6 Å². The number of hydrogen-bond donors (Lipinski definition) is 2. The fourth-order valence-corrected chi connectivity index (χ4v) is 3.64. The fourth-order valence-electron chi connectivity index (χ4n) is 2.65. The molecule has 1 aromatic heterocycles. The van der Waals surface area contributed by atoms with E-state index < -0.39 is 0 Å². The molecule has 22 heavy (non-hydrogen) atoms. The molecule has 2 rings (SSSR count). The number of carbonyl (C=O) groups is 2. The number of nitrogens with zero attached hydrogens (tertiary/aromatic N) is 2. The standard InChI is InChI=1S/C14H22N4O2S2/c1-3-15-14(20)11-6-10(17-12(19)9-21-2)7-18(11)8-13-16-4-5-22-13/h4-5,10-11H,3,6-9H2,1-2H3,(H,15,20)(H,17,19). The van der Waals surface area contributed by atoms with Crippen LogP contribution in [0.3, 0.4) is 0 Å². The molecule has 0 saturated carbocycles. The molecule has 0 aromatic carbocycles. The molecular weight excluding hydrogens is 320 g/mol. The van der Waals surface area contributed by atoms with Crippen LogP contribution in [-0.2, 0) is 16.1 Å². The van der Waals surface area contributed by atoms with Crippen LogP contribution in [0, 0.1) is 0 Å². The van der Waals surface area contributed by atoms with Crippen molar-refractivity contribution in [1.29, 1.82) is 0 Å². The Balaban J connectivity index is 2.00. The first-order chi connectivity index (χ1) is 10.6. The highest BCUT2D eigenvalue weighted by molar-refractivity contribution is 7.99. The zero-order valence-electron chi connectivity index (χ0n) is 12.9. The summed E-state index contributed by atoms with van der Waals surface area (Å²) >= 11 is 3.08. The SMILES string of the molecule is CCNC(=O)C1CC(NC(=O)CSC)CN1Cc1nccs1. The minimum atomic E-state index is -0.205. The third kappa shape index (κ3) is 4.69. The summed E-state index contributed by atoms with van der Waals surface area (Å²) in [4.78, 5) is 30.4. The highest BCUT2D eigenvalue weighted by Gasteiger charge is 2.37. The van der Waals surface area contributed by atoms with E-state index in [0.717, 1.165) is 5.01 Å². The summed E-state index contributed by atoms with van der Waals surface area (Å²) in [5.41, 5.74) is 0. The van der Waals surface area contributed by atoms with Gasteiger partial charge < -0.3 is 10.6 Å². The van der Waals surface area contributed by atoms with Gasteiger partial charge in [-0.25, -0.2) is 4.98 Å². The van der Waals surface area contributed by atoms with E-state index in [1.165, 1.54) is 11.8 Å². The molecule has 2 N–H and O–H groups in total. The number of rotatable bonds is 7. The monoisotopic (exact) mass is 342 g/mol. The van der Waals surface area contributed by atoms with Crippen LogP contribution >= 0.6 is 23.1 Å². The van der Waals surface area contributed by atoms with Crippen LogP contribution in [0.4, 0.5) is 0 Å². The summed E-state index contributed by atoms with van der Waals surface area (Å²) in [5.74, 6) is 0.512. The van der Waals surface area contributed by atoms with E-state index in [2.05, 4.69) is 20.5 Å². The van der Waals surface area contributed by atoms with E-state index in [1.54, 1.807) is 17.5 Å². The van der Waals surface area contributed by atoms with Gasteiger partial charge in [-0.05, 0) is 19.6 Å². The maximum atomic E-state index is 12.3. The number of aromatic nitrogens is 1. The van der Waals surface area contributed by atoms with Crippen molar-refractivity contribution >= 4 is 34.9 Å². The van der Waals surface area contributed by atoms with Gasteiger partial charge in [-0.2, -0.15) is 11.8 Å². The first-order valence-corrected chi connectivity index (χ1v) is 9.59. The highest BCUT2D eigenvalue weighted by atomic mass is 32.2. The van der Waals surface area contributed by atoms with E-state index in [9.17, 15) is 9.59 Å². The van der Waals surface area contributed by atoms with Crippen molar-refractivity contribution in [1.82, 2.24) is 20.5 Å². The van der Waals surface area contributed by atoms with Crippen molar-refractivity contribution in [2.75, 3.05) is 25.1 Å². The van der Waals surface area contributed by atoms with Crippen LogP contribution in [-0.4, -0.2) is 58.9 Å². The molecule has 0 bridgehead atoms. The molecule has 8 heteroatoms. The Bertz CT molecular complexity index is 495. The summed E-state index contributed by atoms with van der Waals surface area (Å²) < 4.78 is 0. The van der Waals surface area contributed by atoms with Crippen LogP contribution < -0.4 is 10.6 Å². The topological polar surface area (TPSA) is 74.3 Å². The zero-order chi connectivity index (χ0) is 15.9. The van der Waals surface area contributed by atoms with Crippen molar-refractivity contribution < 1.29 is 9.59 Å². The minimum absolute atomic E-state index is 0.0206. The first-order valence-electron chi connectivity index (χ1n) is 7.32. The van der Waals surface area contributed by atoms with Crippen molar-refractivity contribution in [3.8, 4) is 0 Å². The molecule has 2 atom stereocenters. The van der Waals surface area contributed by atoms with Crippen LogP contribution in [0.2, 0.25) is 0 Å². The quantitative estimate of drug-likeness (QED) is 0.763. The summed E-state index contributed by atoms with van der Waals surface area (Å²) in [7, 11) is 0. The Morgan fingerprint density at radius 1 is 1.55 bits per heavy atom. The van der Waals surface area contributed by atoms with Crippen molar-refractivity contribution in [2.45, 2.75) is 32.0 Å². The predicted molar refractivity (Wildman–Crippen MR) is 89.9 cm³/mol. The number of likely N-dealkylation sites (tertiary alicyclic amines) is 1. The minimum Gasteiger partial charge on any atom is -0.355 e. The molecule has 2 unspecified atom stereocenters. The maximum Gasteiger partial charge on any atom is 0.237 e. The highest BCUT2D eigenvalue weighted by Crippen LogP contribution is 2.22. The van der Waals surface area contributed by atoms with Gasteiger partial charge in [0, 0.05) is 30.7 Å². The molecule has 0 spiro atoms. The summed E-state index contributed by atoms with van der Waals surface area (Å²) in [6, 6.07) is -0.185. The van der Waals surface area contributed by atoms with E-state index in [-0.39, 0.29) is 23.9 Å². The smallest absolute Gasteiger partial charge is 0.237 e. The second-order valence-corrected chi connectivity index (χ2v) is 7.04. The average molecular weight is 342 g/mol. The van der Waals surface area contributed by atoms with Crippen molar-refractivity contribution in [3.05, 3.63) is 16.6 Å². The van der Waals surface area contributed by atoms with Crippen molar-refractivity contribution in [2.24, 2.45) is 0 Å². The Kier molecular flexibility index (Phi) is 6.66. The molecule has 2 heterocycles. The number of hydrogen-bond acceptors (Lipinski definition) is 6. The second-order valence-electron chi connectivity index (χ2n) is 5.20. The zero-order valence-corrected chi connectivity index (χ0v) is 14.5. The largest absolute Gasteiger partial charge is 0.355 e. The molecular formula is C14H22N4O2S2. The normalized spacial score (nSPS) is 21.7. The molecule has 6 nitrogen and oxygen atoms in total. The van der Waals surface area contributed by atoms with Crippen LogP contribution in [0.5, 0.6) is 0 Å². The van der Waals surface area contributed by atoms with E-state index >= 15 is 0 Å². The maximum absolute atomic E-state index is 12.3. The van der Waals surface area contributed by atoms with Gasteiger partial charge in [0.25, 0.3) is 0 Å². The van der Waals surface area contributed by atoms with Gasteiger partial charge in [0.1, 0.15) is 5.01 Å². The molecule has 1 aliphatic rings. The van der Waals surface area contributed by atoms with Gasteiger partial charge in [0.05, 0.1) is 18.3 Å². The van der Waals surface area contributed by atoms with E-state index in [0.29, 0.717) is 31.8 Å². The number of likely N-dealkylation sites (N-methyl/N-ethyl adjacent to an activating group) is 1. The van der Waals surface area contributed by atoms with Crippen molar-refractivity contribution in [3.63, 3.8) is 0 Å². The lowest BCUT2D eigenvalue weighted by atomic mass is 10.1. The average Bonchev–Trinajstić information content (AvgIpc) is 3.10. The Morgan fingerprint density at radius 2 is 2.36 bits per heavy atom. The Morgan fingerprint density at radius 3 is 3.00 bits per heavy atom. The lowest BCUT2D eigenvalue weighted by molar-refractivity contribution is -0.125. The molecule has 0 aliphatic carbocycles. The van der Waals surface area contributed by atoms with Gasteiger partial charge in [0.2, 0.25) is 11.8 Å². The molecule has 1 aromatic rings. The Hall–Kier alpha value is -1.12. The third-order valence-corrected chi connectivity index (χ3v) is 4.83. The van der Waals surface area contributed by atoms with Crippen LogP contribution in [0.25, 0.3) is 0 Å². The van der Waals surface area contributed by atoms with Gasteiger partial charge in [-0.15, -0.1) is 11.3 Å². The van der Waals surface area contributed by atoms with Gasteiger partial charge in [-0.3, -0.25) is 14.5 Å². The molecule has 1 aliphatic heterocycles. The van der Waals surface area contributed by atoms with Gasteiger partial charge in [-0.1, -0.05) is 0 Å². The second kappa shape index (κ2) is 8.50. The van der Waals surface area contributed by atoms with Crippen LogP contribution in [0.1, 0.15) is 18.4 Å². The summed E-state index contributed by atoms with van der Waals surface area (Å²) in [6.45, 7) is 3.86. The number of carbonyl (C=O) groups excluding carboxylic acids is 2. The van der Waals surface area contributed by atoms with E-state index in [1.807, 2.05) is 18.6 Å². The summed E-state index contributed by atoms with van der Waals surface area (Å²) in [5, 5.41) is 8.83.